The fraction of sp³-hybridized carbons (Fsp3) is 0.100. The Bertz CT molecular complexity index is 494. The molecule has 78 valence electrons. The van der Waals surface area contributed by atoms with E-state index in [0.29, 0.717) is 0 Å². The Morgan fingerprint density at radius 1 is 1.33 bits per heavy atom. The van der Waals surface area contributed by atoms with Gasteiger partial charge >= 0.3 is 0 Å². The maximum atomic E-state index is 12.0. The van der Waals surface area contributed by atoms with Crippen LogP contribution in [0.4, 0.5) is 0 Å². The summed E-state index contributed by atoms with van der Waals surface area (Å²) in [6.07, 6.45) is 0. The Morgan fingerprint density at radius 3 is 2.53 bits per heavy atom. The van der Waals surface area contributed by atoms with Gasteiger partial charge in [-0.25, -0.2) is 0 Å². The third-order valence-electron chi connectivity index (χ3n) is 1.86. The monoisotopic (exact) mass is 364 g/mol. The summed E-state index contributed by atoms with van der Waals surface area (Å²) in [7, 11) is 0. The van der Waals surface area contributed by atoms with Crippen molar-refractivity contribution in [3.8, 4) is 0 Å². The van der Waals surface area contributed by atoms with Gasteiger partial charge < -0.3 is 0 Å². The molecular weight excluding hydrogens is 360 g/mol. The minimum atomic E-state index is 0.0933. The number of rotatable bonds is 2. The topological polar surface area (TPSA) is 17.1 Å². The van der Waals surface area contributed by atoms with E-state index in [-0.39, 0.29) is 5.78 Å². The average molecular weight is 366 g/mol. The highest BCUT2D eigenvalue weighted by Gasteiger charge is 2.14. The van der Waals surface area contributed by atoms with E-state index < -0.39 is 0 Å². The molecule has 2 heterocycles. The fourth-order valence-electron chi connectivity index (χ4n) is 1.16. The Labute approximate surface area is 112 Å². The summed E-state index contributed by atoms with van der Waals surface area (Å²) in [6.45, 7) is 2.00. The molecule has 0 aromatic carbocycles. The van der Waals surface area contributed by atoms with Gasteiger partial charge in [0.15, 0.2) is 0 Å². The smallest absolute Gasteiger partial charge is 0.203 e. The molecule has 0 aliphatic heterocycles. The summed E-state index contributed by atoms with van der Waals surface area (Å²) in [5.41, 5.74) is 0.777. The molecule has 0 saturated heterocycles. The van der Waals surface area contributed by atoms with Crippen LogP contribution in [0.1, 0.15) is 20.1 Å². The molecule has 0 saturated carbocycles. The molecule has 15 heavy (non-hydrogen) atoms. The van der Waals surface area contributed by atoms with Crippen molar-refractivity contribution >= 4 is 60.3 Å². The van der Waals surface area contributed by atoms with Gasteiger partial charge in [0.05, 0.1) is 8.66 Å². The second-order valence-corrected chi connectivity index (χ2v) is 7.35. The summed E-state index contributed by atoms with van der Waals surface area (Å²) in [6, 6.07) is 3.78. The van der Waals surface area contributed by atoms with Crippen molar-refractivity contribution in [1.29, 1.82) is 0 Å². The highest BCUT2D eigenvalue weighted by atomic mass is 79.9. The van der Waals surface area contributed by atoms with Gasteiger partial charge in [-0.15, -0.1) is 22.7 Å². The number of thiophene rings is 2. The van der Waals surface area contributed by atoms with E-state index in [1.807, 2.05) is 24.4 Å². The number of hydrogen-bond acceptors (Lipinski definition) is 3. The number of ketones is 1. The van der Waals surface area contributed by atoms with Crippen LogP contribution in [0.25, 0.3) is 0 Å². The third-order valence-corrected chi connectivity index (χ3v) is 5.98. The normalized spacial score (nSPS) is 10.6. The predicted octanol–water partition coefficient (Wildman–Crippen LogP) is 4.87. The van der Waals surface area contributed by atoms with Gasteiger partial charge in [-0.05, 0) is 50.9 Å². The molecule has 0 amide bonds. The van der Waals surface area contributed by atoms with Gasteiger partial charge in [0.25, 0.3) is 0 Å². The van der Waals surface area contributed by atoms with Gasteiger partial charge in [-0.2, -0.15) is 0 Å². The maximum absolute atomic E-state index is 12.0. The Balaban J connectivity index is 2.36. The summed E-state index contributed by atoms with van der Waals surface area (Å²) < 4.78 is 1.89. The molecule has 0 bridgehead atoms. The van der Waals surface area contributed by atoms with Crippen LogP contribution in [0.15, 0.2) is 25.8 Å². The molecule has 5 heteroatoms. The zero-order valence-corrected chi connectivity index (χ0v) is 12.5. The molecule has 0 aliphatic carbocycles. The Morgan fingerprint density at radius 2 is 2.07 bits per heavy atom. The van der Waals surface area contributed by atoms with Crippen molar-refractivity contribution in [2.75, 3.05) is 0 Å². The molecule has 1 nitrogen and oxygen atoms in total. The van der Waals surface area contributed by atoms with Gasteiger partial charge in [0, 0.05) is 20.3 Å². The van der Waals surface area contributed by atoms with Gasteiger partial charge in [0.1, 0.15) is 0 Å². The summed E-state index contributed by atoms with van der Waals surface area (Å²) in [4.78, 5) is 13.9. The summed E-state index contributed by atoms with van der Waals surface area (Å²) in [5.74, 6) is 0.0933. The van der Waals surface area contributed by atoms with Crippen molar-refractivity contribution in [3.63, 3.8) is 0 Å². The first-order valence-electron chi connectivity index (χ1n) is 4.12. The summed E-state index contributed by atoms with van der Waals surface area (Å²) in [5, 5.41) is 1.90. The van der Waals surface area contributed by atoms with Crippen molar-refractivity contribution in [2.24, 2.45) is 0 Å². The van der Waals surface area contributed by atoms with E-state index in [0.717, 1.165) is 23.6 Å². The van der Waals surface area contributed by atoms with Crippen LogP contribution in [-0.2, 0) is 0 Å². The van der Waals surface area contributed by atoms with Crippen LogP contribution in [-0.4, -0.2) is 5.78 Å². The van der Waals surface area contributed by atoms with E-state index in [9.17, 15) is 4.79 Å². The maximum Gasteiger partial charge on any atom is 0.203 e. The van der Waals surface area contributed by atoms with Crippen LogP contribution >= 0.6 is 54.5 Å². The van der Waals surface area contributed by atoms with Crippen molar-refractivity contribution in [3.05, 3.63) is 41.1 Å². The van der Waals surface area contributed by atoms with Crippen LogP contribution in [0.5, 0.6) is 0 Å². The highest BCUT2D eigenvalue weighted by Crippen LogP contribution is 2.33. The molecule has 0 fully saturated rings. The first-order chi connectivity index (χ1) is 7.08. The predicted molar refractivity (Wildman–Crippen MR) is 72.2 cm³/mol. The first-order valence-corrected chi connectivity index (χ1v) is 7.41. The van der Waals surface area contributed by atoms with Crippen molar-refractivity contribution in [1.82, 2.24) is 0 Å². The van der Waals surface area contributed by atoms with Gasteiger partial charge in [-0.3, -0.25) is 4.79 Å². The zero-order chi connectivity index (χ0) is 11.0. The van der Waals surface area contributed by atoms with Crippen LogP contribution in [0.2, 0.25) is 0 Å². The van der Waals surface area contributed by atoms with Crippen LogP contribution in [0.3, 0.4) is 0 Å². The summed E-state index contributed by atoms with van der Waals surface area (Å²) >= 11 is 9.81. The first kappa shape index (κ1) is 11.5. The van der Waals surface area contributed by atoms with E-state index in [1.54, 1.807) is 11.3 Å². The second kappa shape index (κ2) is 4.49. The number of carbonyl (C=O) groups excluding carboxylic acids is 1. The SMILES string of the molecule is Cc1cc(C(=O)c2cc(Br)c(Br)s2)cs1. The molecule has 0 atom stereocenters. The van der Waals surface area contributed by atoms with E-state index >= 15 is 0 Å². The van der Waals surface area contributed by atoms with E-state index in [2.05, 4.69) is 31.9 Å². The molecular formula is C10H6Br2OS2. The number of aryl methyl sites for hydroxylation is 1. The molecule has 0 spiro atoms. The molecule has 0 radical (unpaired) electrons. The quantitative estimate of drug-likeness (QED) is 0.693. The average Bonchev–Trinajstić information content (AvgIpc) is 2.74. The van der Waals surface area contributed by atoms with E-state index in [4.69, 9.17) is 0 Å². The minimum absolute atomic E-state index is 0.0933. The van der Waals surface area contributed by atoms with E-state index in [1.165, 1.54) is 11.3 Å². The lowest BCUT2D eigenvalue weighted by Crippen LogP contribution is -1.95. The largest absolute Gasteiger partial charge is 0.288 e. The molecule has 2 aromatic heterocycles. The highest BCUT2D eigenvalue weighted by molar-refractivity contribution is 9.13. The molecule has 0 unspecified atom stereocenters. The van der Waals surface area contributed by atoms with Gasteiger partial charge in [0.2, 0.25) is 5.78 Å². The molecule has 2 rings (SSSR count). The standard InChI is InChI=1S/C10H6Br2OS2/c1-5-2-6(4-14-5)9(13)8-3-7(11)10(12)15-8/h2-4H,1H3. The molecule has 0 N–H and O–H groups in total. The lowest BCUT2D eigenvalue weighted by Gasteiger charge is -1.91. The molecule has 2 aromatic rings. The van der Waals surface area contributed by atoms with Gasteiger partial charge in [-0.1, -0.05) is 0 Å². The van der Waals surface area contributed by atoms with Crippen LogP contribution < -0.4 is 0 Å². The number of hydrogen-bond donors (Lipinski definition) is 0. The molecule has 0 aliphatic rings. The number of carbonyl (C=O) groups is 1. The number of halogens is 2. The fourth-order valence-corrected chi connectivity index (χ4v) is 3.84. The Hall–Kier alpha value is 0.0300. The van der Waals surface area contributed by atoms with Crippen molar-refractivity contribution in [2.45, 2.75) is 6.92 Å². The zero-order valence-electron chi connectivity index (χ0n) is 7.71. The third kappa shape index (κ3) is 2.41. The Kier molecular flexibility index (Phi) is 3.45. The minimum Gasteiger partial charge on any atom is -0.288 e. The van der Waals surface area contributed by atoms with Crippen molar-refractivity contribution < 1.29 is 4.79 Å². The van der Waals surface area contributed by atoms with Crippen LogP contribution in [0, 0.1) is 6.92 Å². The lowest BCUT2D eigenvalue weighted by atomic mass is 10.2. The second-order valence-electron chi connectivity index (χ2n) is 3.01. The lowest BCUT2D eigenvalue weighted by molar-refractivity contribution is 0.104.